The third-order valence-corrected chi connectivity index (χ3v) is 5.75. The Balaban J connectivity index is 1.96. The Hall–Kier alpha value is -2.05. The molecule has 2 aromatic rings. The number of carbonyl (C=O) groups is 2. The first-order valence-corrected chi connectivity index (χ1v) is 11.0. The summed E-state index contributed by atoms with van der Waals surface area (Å²) in [7, 11) is 0. The van der Waals surface area contributed by atoms with Crippen molar-refractivity contribution in [3.63, 3.8) is 0 Å². The van der Waals surface area contributed by atoms with Crippen LogP contribution in [0.25, 0.3) is 0 Å². The van der Waals surface area contributed by atoms with E-state index in [9.17, 15) is 14.0 Å². The largest absolute Gasteiger partial charge is 0.355 e. The van der Waals surface area contributed by atoms with Gasteiger partial charge in [0.1, 0.15) is 11.9 Å². The maximum Gasteiger partial charge on any atom is 0.242 e. The fraction of sp³-hybridized carbons (Fsp3) is 0.364. The summed E-state index contributed by atoms with van der Waals surface area (Å²) >= 11 is 7.55. The molecule has 0 fully saturated rings. The number of benzene rings is 2. The Labute approximate surface area is 180 Å². The average Bonchev–Trinajstić information content (AvgIpc) is 2.71. The number of hydrogen-bond donors (Lipinski definition) is 1. The maximum atomic E-state index is 13.2. The number of nitrogens with zero attached hydrogens (tertiary/aromatic N) is 1. The summed E-state index contributed by atoms with van der Waals surface area (Å²) in [5.74, 6) is 0.165. The van der Waals surface area contributed by atoms with Gasteiger partial charge >= 0.3 is 0 Å². The quantitative estimate of drug-likeness (QED) is 0.425. The molecular weight excluding hydrogens is 411 g/mol. The zero-order valence-electron chi connectivity index (χ0n) is 16.7. The van der Waals surface area contributed by atoms with Crippen LogP contribution in [-0.4, -0.2) is 35.1 Å². The highest BCUT2D eigenvalue weighted by atomic mass is 35.5. The van der Waals surface area contributed by atoms with Crippen LogP contribution < -0.4 is 5.32 Å². The molecular formula is C22H26ClFN2O2S. The summed E-state index contributed by atoms with van der Waals surface area (Å²) in [5.41, 5.74) is 0.784. The summed E-state index contributed by atoms with van der Waals surface area (Å²) in [6.45, 7) is 4.32. The lowest BCUT2D eigenvalue weighted by Gasteiger charge is -2.28. The molecule has 0 aliphatic rings. The molecule has 0 aliphatic heterocycles. The number of thioether (sulfide) groups is 1. The lowest BCUT2D eigenvalue weighted by atomic mass is 10.1. The van der Waals surface area contributed by atoms with E-state index in [0.29, 0.717) is 24.4 Å². The summed E-state index contributed by atoms with van der Waals surface area (Å²) in [6, 6.07) is 13.0. The maximum absolute atomic E-state index is 13.2. The molecule has 4 nitrogen and oxygen atoms in total. The van der Waals surface area contributed by atoms with Crippen LogP contribution in [0.15, 0.2) is 53.4 Å². The van der Waals surface area contributed by atoms with Gasteiger partial charge in [-0.1, -0.05) is 23.7 Å². The van der Waals surface area contributed by atoms with E-state index >= 15 is 0 Å². The topological polar surface area (TPSA) is 49.4 Å². The van der Waals surface area contributed by atoms with Gasteiger partial charge in [0.25, 0.3) is 0 Å². The smallest absolute Gasteiger partial charge is 0.242 e. The van der Waals surface area contributed by atoms with E-state index in [0.717, 1.165) is 16.2 Å². The first-order valence-electron chi connectivity index (χ1n) is 9.60. The number of nitrogens with one attached hydrogen (secondary N) is 1. The van der Waals surface area contributed by atoms with Crippen molar-refractivity contribution in [3.05, 3.63) is 64.9 Å². The Morgan fingerprint density at radius 3 is 2.41 bits per heavy atom. The van der Waals surface area contributed by atoms with Crippen LogP contribution in [0.4, 0.5) is 4.39 Å². The van der Waals surface area contributed by atoms with Crippen molar-refractivity contribution >= 4 is 35.2 Å². The monoisotopic (exact) mass is 436 g/mol. The average molecular weight is 437 g/mol. The predicted molar refractivity (Wildman–Crippen MR) is 117 cm³/mol. The summed E-state index contributed by atoms with van der Waals surface area (Å²) in [5, 5.41) is 3.46. The molecule has 1 unspecified atom stereocenters. The minimum Gasteiger partial charge on any atom is -0.355 e. The number of halogens is 2. The van der Waals surface area contributed by atoms with E-state index in [4.69, 9.17) is 11.6 Å². The van der Waals surface area contributed by atoms with Gasteiger partial charge in [-0.2, -0.15) is 0 Å². The Morgan fingerprint density at radius 1 is 1.14 bits per heavy atom. The van der Waals surface area contributed by atoms with Crippen molar-refractivity contribution in [1.82, 2.24) is 10.2 Å². The molecule has 1 atom stereocenters. The molecule has 1 N–H and O–H groups in total. The number of likely N-dealkylation sites (N-methyl/N-ethyl adjacent to an activating group) is 1. The minimum absolute atomic E-state index is 0.0928. The van der Waals surface area contributed by atoms with Gasteiger partial charge in [0.15, 0.2) is 0 Å². The minimum atomic E-state index is -0.601. The van der Waals surface area contributed by atoms with Crippen LogP contribution in [0.3, 0.4) is 0 Å². The van der Waals surface area contributed by atoms with Crippen molar-refractivity contribution in [2.45, 2.75) is 44.2 Å². The molecule has 0 aromatic heterocycles. The second-order valence-electron chi connectivity index (χ2n) is 6.62. The van der Waals surface area contributed by atoms with Crippen LogP contribution in [-0.2, 0) is 16.1 Å². The standard InChI is InChI=1S/C22H26ClFN2O2S/c1-3-25-22(28)16(2)26(15-17-6-10-19(24)11-7-17)21(27)5-4-14-29-20-12-8-18(23)9-13-20/h6-13,16H,3-5,14-15H2,1-2H3,(H,25,28). The van der Waals surface area contributed by atoms with Gasteiger partial charge in [-0.3, -0.25) is 9.59 Å². The van der Waals surface area contributed by atoms with Crippen LogP contribution in [0.5, 0.6) is 0 Å². The Kier molecular flexibility index (Phi) is 9.48. The Bertz CT molecular complexity index is 799. The number of hydrogen-bond acceptors (Lipinski definition) is 3. The molecule has 0 saturated heterocycles. The van der Waals surface area contributed by atoms with E-state index in [1.807, 2.05) is 31.2 Å². The highest BCUT2D eigenvalue weighted by Gasteiger charge is 2.25. The summed E-state index contributed by atoms with van der Waals surface area (Å²) in [6.07, 6.45) is 1.03. The van der Waals surface area contributed by atoms with Gasteiger partial charge < -0.3 is 10.2 Å². The van der Waals surface area contributed by atoms with Crippen molar-refractivity contribution < 1.29 is 14.0 Å². The van der Waals surface area contributed by atoms with E-state index in [-0.39, 0.29) is 24.2 Å². The Morgan fingerprint density at radius 2 is 1.79 bits per heavy atom. The lowest BCUT2D eigenvalue weighted by molar-refractivity contribution is -0.140. The van der Waals surface area contributed by atoms with Gasteiger partial charge in [-0.15, -0.1) is 11.8 Å². The molecule has 0 aliphatic carbocycles. The third-order valence-electron chi connectivity index (χ3n) is 4.40. The van der Waals surface area contributed by atoms with Crippen LogP contribution >= 0.6 is 23.4 Å². The van der Waals surface area contributed by atoms with Crippen molar-refractivity contribution in [2.75, 3.05) is 12.3 Å². The van der Waals surface area contributed by atoms with Crippen molar-refractivity contribution in [1.29, 1.82) is 0 Å². The highest BCUT2D eigenvalue weighted by molar-refractivity contribution is 7.99. The molecule has 0 heterocycles. The highest BCUT2D eigenvalue weighted by Crippen LogP contribution is 2.22. The predicted octanol–water partition coefficient (Wildman–Crippen LogP) is 4.90. The lowest BCUT2D eigenvalue weighted by Crippen LogP contribution is -2.47. The van der Waals surface area contributed by atoms with Gasteiger partial charge in [-0.25, -0.2) is 4.39 Å². The fourth-order valence-corrected chi connectivity index (χ4v) is 3.76. The normalized spacial score (nSPS) is 11.7. The zero-order valence-corrected chi connectivity index (χ0v) is 18.2. The first kappa shape index (κ1) is 23.2. The molecule has 2 amide bonds. The summed E-state index contributed by atoms with van der Waals surface area (Å²) < 4.78 is 13.2. The second kappa shape index (κ2) is 11.8. The van der Waals surface area contributed by atoms with Gasteiger partial charge in [0.05, 0.1) is 0 Å². The van der Waals surface area contributed by atoms with Crippen molar-refractivity contribution in [3.8, 4) is 0 Å². The van der Waals surface area contributed by atoms with Crippen LogP contribution in [0, 0.1) is 5.82 Å². The van der Waals surface area contributed by atoms with E-state index in [1.54, 1.807) is 35.7 Å². The molecule has 0 spiro atoms. The zero-order chi connectivity index (χ0) is 21.2. The van der Waals surface area contributed by atoms with Gasteiger partial charge in [0, 0.05) is 29.4 Å². The molecule has 0 radical (unpaired) electrons. The molecule has 29 heavy (non-hydrogen) atoms. The third kappa shape index (κ3) is 7.71. The number of rotatable bonds is 10. The molecule has 156 valence electrons. The van der Waals surface area contributed by atoms with E-state index in [1.165, 1.54) is 12.1 Å². The van der Waals surface area contributed by atoms with Crippen LogP contribution in [0.2, 0.25) is 5.02 Å². The summed E-state index contributed by atoms with van der Waals surface area (Å²) in [4.78, 5) is 27.8. The first-order chi connectivity index (χ1) is 13.9. The van der Waals surface area contributed by atoms with Crippen molar-refractivity contribution in [2.24, 2.45) is 0 Å². The molecule has 2 aromatic carbocycles. The van der Waals surface area contributed by atoms with Crippen LogP contribution in [0.1, 0.15) is 32.3 Å². The molecule has 2 rings (SSSR count). The SMILES string of the molecule is CCNC(=O)C(C)N(Cc1ccc(F)cc1)C(=O)CCCSc1ccc(Cl)cc1. The fourth-order valence-electron chi connectivity index (χ4n) is 2.78. The van der Waals surface area contributed by atoms with E-state index in [2.05, 4.69) is 5.32 Å². The molecule has 7 heteroatoms. The number of amides is 2. The van der Waals surface area contributed by atoms with Gasteiger partial charge in [-0.05, 0) is 68.0 Å². The van der Waals surface area contributed by atoms with Gasteiger partial charge in [0.2, 0.25) is 11.8 Å². The second-order valence-corrected chi connectivity index (χ2v) is 8.23. The molecule has 0 bridgehead atoms. The molecule has 0 saturated carbocycles. The number of carbonyl (C=O) groups excluding carboxylic acids is 2. The van der Waals surface area contributed by atoms with E-state index < -0.39 is 6.04 Å².